The Bertz CT molecular complexity index is 338. The lowest BCUT2D eigenvalue weighted by molar-refractivity contribution is 0.346. The van der Waals surface area contributed by atoms with Gasteiger partial charge in [0, 0.05) is 17.4 Å². The van der Waals surface area contributed by atoms with Crippen molar-refractivity contribution in [3.63, 3.8) is 0 Å². The van der Waals surface area contributed by atoms with Crippen LogP contribution in [0, 0.1) is 0 Å². The predicted octanol–water partition coefficient (Wildman–Crippen LogP) is 2.94. The summed E-state index contributed by atoms with van der Waals surface area (Å²) >= 11 is 2.12. The van der Waals surface area contributed by atoms with E-state index in [-0.39, 0.29) is 10.8 Å². The Labute approximate surface area is 108 Å². The summed E-state index contributed by atoms with van der Waals surface area (Å²) in [5.41, 5.74) is 0. The van der Waals surface area contributed by atoms with E-state index in [0.29, 0.717) is 10.4 Å². The van der Waals surface area contributed by atoms with Crippen LogP contribution in [-0.4, -0.2) is 14.5 Å². The van der Waals surface area contributed by atoms with Crippen LogP contribution < -0.4 is 4.72 Å². The molecule has 0 spiro atoms. The van der Waals surface area contributed by atoms with Gasteiger partial charge in [-0.15, -0.1) is 4.72 Å². The molecule has 16 heavy (non-hydrogen) atoms. The molecule has 1 rings (SSSR count). The van der Waals surface area contributed by atoms with E-state index in [9.17, 15) is 4.55 Å². The van der Waals surface area contributed by atoms with Crippen molar-refractivity contribution in [1.82, 2.24) is 9.88 Å². The van der Waals surface area contributed by atoms with Crippen molar-refractivity contribution in [1.29, 1.82) is 0 Å². The summed E-state index contributed by atoms with van der Waals surface area (Å²) in [7, 11) is 0. The van der Waals surface area contributed by atoms with Crippen molar-refractivity contribution >= 4 is 27.3 Å². The first-order chi connectivity index (χ1) is 7.34. The lowest BCUT2D eigenvalue weighted by Crippen LogP contribution is -2.41. The molecule has 92 valence electrons. The summed E-state index contributed by atoms with van der Waals surface area (Å²) < 4.78 is 20.5. The standard InChI is InChI=1S/C10H17BrN2O2S/c1-5-7(8-6-9(11)12-15-8)13-16(14)10(2,3)4/h6-7,13H,5H2,1-4H3/t7-,16?/m0/s1. The fourth-order valence-corrected chi connectivity index (χ4v) is 2.27. The van der Waals surface area contributed by atoms with Gasteiger partial charge in [-0.3, -0.25) is 0 Å². The lowest BCUT2D eigenvalue weighted by Gasteiger charge is -2.26. The molecule has 4 nitrogen and oxygen atoms in total. The van der Waals surface area contributed by atoms with Gasteiger partial charge in [0.05, 0.1) is 0 Å². The number of halogens is 1. The average molecular weight is 309 g/mol. The minimum Gasteiger partial charge on any atom is -0.598 e. The first kappa shape index (κ1) is 14.0. The largest absolute Gasteiger partial charge is 0.598 e. The molecule has 0 saturated heterocycles. The van der Waals surface area contributed by atoms with Gasteiger partial charge in [-0.1, -0.05) is 12.1 Å². The molecule has 1 aromatic heterocycles. The van der Waals surface area contributed by atoms with Crippen LogP contribution in [0.5, 0.6) is 0 Å². The summed E-state index contributed by atoms with van der Waals surface area (Å²) in [6.45, 7) is 7.80. The van der Waals surface area contributed by atoms with E-state index in [1.807, 2.05) is 27.7 Å². The van der Waals surface area contributed by atoms with E-state index < -0.39 is 11.4 Å². The molecule has 1 heterocycles. The van der Waals surface area contributed by atoms with Crippen LogP contribution in [-0.2, 0) is 11.4 Å². The Morgan fingerprint density at radius 2 is 2.25 bits per heavy atom. The number of hydrogen-bond donors (Lipinski definition) is 1. The fourth-order valence-electron chi connectivity index (χ4n) is 1.08. The van der Waals surface area contributed by atoms with Crippen molar-refractivity contribution < 1.29 is 9.08 Å². The highest BCUT2D eigenvalue weighted by molar-refractivity contribution is 9.10. The van der Waals surface area contributed by atoms with Crippen LogP contribution in [0.15, 0.2) is 15.2 Å². The predicted molar refractivity (Wildman–Crippen MR) is 68.3 cm³/mol. The molecular formula is C10H17BrN2O2S. The highest BCUT2D eigenvalue weighted by atomic mass is 79.9. The molecule has 0 radical (unpaired) electrons. The van der Waals surface area contributed by atoms with Gasteiger partial charge in [0.2, 0.25) is 0 Å². The fraction of sp³-hybridized carbons (Fsp3) is 0.700. The Kier molecular flexibility index (Phi) is 4.85. The topological polar surface area (TPSA) is 61.1 Å². The van der Waals surface area contributed by atoms with Gasteiger partial charge < -0.3 is 9.08 Å². The number of nitrogens with one attached hydrogen (secondary N) is 1. The normalized spacial score (nSPS) is 16.1. The SMILES string of the molecule is CC[C@H](N[S+]([O-])C(C)(C)C)c1cc(Br)no1. The summed E-state index contributed by atoms with van der Waals surface area (Å²) in [5, 5.41) is 3.76. The monoisotopic (exact) mass is 308 g/mol. The smallest absolute Gasteiger partial charge is 0.159 e. The summed E-state index contributed by atoms with van der Waals surface area (Å²) in [6.07, 6.45) is 0.795. The maximum Gasteiger partial charge on any atom is 0.159 e. The van der Waals surface area contributed by atoms with E-state index in [2.05, 4.69) is 25.8 Å². The molecule has 1 unspecified atom stereocenters. The number of aromatic nitrogens is 1. The highest BCUT2D eigenvalue weighted by Crippen LogP contribution is 2.24. The first-order valence-electron chi connectivity index (χ1n) is 5.14. The zero-order valence-electron chi connectivity index (χ0n) is 9.91. The Morgan fingerprint density at radius 3 is 2.62 bits per heavy atom. The van der Waals surface area contributed by atoms with Gasteiger partial charge in [0.25, 0.3) is 0 Å². The third-order valence-electron chi connectivity index (χ3n) is 2.06. The Morgan fingerprint density at radius 1 is 1.62 bits per heavy atom. The Hall–Kier alpha value is -0.0400. The lowest BCUT2D eigenvalue weighted by atomic mass is 10.2. The van der Waals surface area contributed by atoms with Crippen LogP contribution in [0.1, 0.15) is 45.9 Å². The van der Waals surface area contributed by atoms with Gasteiger partial charge in [0.1, 0.15) is 15.4 Å². The average Bonchev–Trinajstić information content (AvgIpc) is 2.59. The van der Waals surface area contributed by atoms with E-state index in [1.54, 1.807) is 6.07 Å². The molecule has 0 aliphatic rings. The number of hydrogen-bond acceptors (Lipinski definition) is 4. The van der Waals surface area contributed by atoms with E-state index in [1.165, 1.54) is 0 Å². The molecule has 0 amide bonds. The van der Waals surface area contributed by atoms with Gasteiger partial charge in [-0.05, 0) is 43.1 Å². The van der Waals surface area contributed by atoms with Crippen molar-refractivity contribution in [2.45, 2.75) is 44.9 Å². The Balaban J connectivity index is 2.70. The maximum absolute atomic E-state index is 11.9. The molecule has 2 atom stereocenters. The van der Waals surface area contributed by atoms with Crippen LogP contribution in [0.4, 0.5) is 0 Å². The van der Waals surface area contributed by atoms with Crippen LogP contribution >= 0.6 is 15.9 Å². The van der Waals surface area contributed by atoms with E-state index in [4.69, 9.17) is 4.52 Å². The van der Waals surface area contributed by atoms with Gasteiger partial charge in [0.15, 0.2) is 5.76 Å². The summed E-state index contributed by atoms with van der Waals surface area (Å²) in [4.78, 5) is 0. The zero-order valence-corrected chi connectivity index (χ0v) is 12.3. The minimum absolute atomic E-state index is 0.0705. The van der Waals surface area contributed by atoms with E-state index >= 15 is 0 Å². The molecule has 0 aliphatic heterocycles. The first-order valence-corrected chi connectivity index (χ1v) is 7.09. The number of nitrogens with zero attached hydrogens (tertiary/aromatic N) is 1. The second-order valence-electron chi connectivity index (χ2n) is 4.51. The highest BCUT2D eigenvalue weighted by Gasteiger charge is 2.30. The summed E-state index contributed by atoms with van der Waals surface area (Å²) in [6, 6.07) is 1.72. The van der Waals surface area contributed by atoms with Crippen molar-refractivity contribution in [3.8, 4) is 0 Å². The van der Waals surface area contributed by atoms with Gasteiger partial charge >= 0.3 is 0 Å². The summed E-state index contributed by atoms with van der Waals surface area (Å²) in [5.74, 6) is 0.701. The molecule has 0 saturated carbocycles. The van der Waals surface area contributed by atoms with Crippen molar-refractivity contribution in [2.75, 3.05) is 0 Å². The quantitative estimate of drug-likeness (QED) is 0.869. The molecule has 0 fully saturated rings. The van der Waals surface area contributed by atoms with Crippen molar-refractivity contribution in [3.05, 3.63) is 16.4 Å². The second kappa shape index (κ2) is 5.53. The van der Waals surface area contributed by atoms with Crippen LogP contribution in [0.25, 0.3) is 0 Å². The van der Waals surface area contributed by atoms with Crippen LogP contribution in [0.2, 0.25) is 0 Å². The van der Waals surface area contributed by atoms with Gasteiger partial charge in [-0.25, -0.2) is 0 Å². The second-order valence-corrected chi connectivity index (χ2v) is 7.32. The van der Waals surface area contributed by atoms with Crippen molar-refractivity contribution in [2.24, 2.45) is 0 Å². The maximum atomic E-state index is 11.9. The molecule has 0 bridgehead atoms. The molecular weight excluding hydrogens is 292 g/mol. The minimum atomic E-state index is -1.11. The zero-order chi connectivity index (χ0) is 12.3. The van der Waals surface area contributed by atoms with Gasteiger partial charge in [-0.2, -0.15) is 0 Å². The third kappa shape index (κ3) is 3.76. The molecule has 6 heteroatoms. The third-order valence-corrected chi connectivity index (χ3v) is 4.04. The molecule has 0 aliphatic carbocycles. The molecule has 1 N–H and O–H groups in total. The molecule has 0 aromatic carbocycles. The van der Waals surface area contributed by atoms with Crippen LogP contribution in [0.3, 0.4) is 0 Å². The molecule has 1 aromatic rings. The van der Waals surface area contributed by atoms with E-state index in [0.717, 1.165) is 6.42 Å². The number of rotatable bonds is 4.